The summed E-state index contributed by atoms with van der Waals surface area (Å²) in [5.74, 6) is -0.271. The Bertz CT molecular complexity index is 481. The van der Waals surface area contributed by atoms with Gasteiger partial charge in [0, 0.05) is 29.8 Å². The van der Waals surface area contributed by atoms with Crippen molar-refractivity contribution in [3.63, 3.8) is 0 Å². The van der Waals surface area contributed by atoms with E-state index in [0.717, 1.165) is 17.4 Å². The predicted molar refractivity (Wildman–Crippen MR) is 69.1 cm³/mol. The Labute approximate surface area is 111 Å². The first kappa shape index (κ1) is 12.3. The quantitative estimate of drug-likeness (QED) is 0.629. The van der Waals surface area contributed by atoms with Crippen molar-refractivity contribution in [1.29, 1.82) is 0 Å². The van der Waals surface area contributed by atoms with Gasteiger partial charge in [-0.3, -0.25) is 4.68 Å². The number of thiophene rings is 1. The highest BCUT2D eigenvalue weighted by Gasteiger charge is 2.12. The highest BCUT2D eigenvalue weighted by atomic mass is 79.9. The van der Waals surface area contributed by atoms with E-state index in [1.165, 1.54) is 11.3 Å². The lowest BCUT2D eigenvalue weighted by Gasteiger charge is -2.04. The zero-order valence-electron chi connectivity index (χ0n) is 9.01. The first-order valence-corrected chi connectivity index (χ1v) is 6.82. The fraction of sp³-hybridized carbons (Fsp3) is 0.273. The number of aromatic nitrogens is 2. The number of halogens is 1. The first-order valence-electron chi connectivity index (χ1n) is 5.15. The molecular weight excluding hydrogens is 304 g/mol. The molecule has 0 N–H and O–H groups in total. The van der Waals surface area contributed by atoms with E-state index in [0.29, 0.717) is 11.5 Å². The van der Waals surface area contributed by atoms with Crippen molar-refractivity contribution in [3.8, 4) is 0 Å². The van der Waals surface area contributed by atoms with Crippen LogP contribution in [0.25, 0.3) is 0 Å². The summed E-state index contributed by atoms with van der Waals surface area (Å²) in [6, 6.07) is 3.71. The molecule has 0 fully saturated rings. The Balaban J connectivity index is 1.72. The van der Waals surface area contributed by atoms with Gasteiger partial charge in [0.25, 0.3) is 0 Å². The lowest BCUT2D eigenvalue weighted by Crippen LogP contribution is -2.08. The van der Waals surface area contributed by atoms with Crippen LogP contribution in [0, 0.1) is 0 Å². The summed E-state index contributed by atoms with van der Waals surface area (Å²) in [5, 5.41) is 5.92. The third-order valence-corrected chi connectivity index (χ3v) is 3.94. The van der Waals surface area contributed by atoms with Crippen molar-refractivity contribution in [2.45, 2.75) is 13.0 Å². The number of carbonyl (C=O) groups excluding carboxylic acids is 1. The number of ether oxygens (including phenoxy) is 1. The van der Waals surface area contributed by atoms with Gasteiger partial charge in [0.15, 0.2) is 0 Å². The number of hydrogen-bond donors (Lipinski definition) is 0. The SMILES string of the molecule is O=C(OCCCn1cccn1)c1sccc1Br. The van der Waals surface area contributed by atoms with Crippen LogP contribution in [-0.2, 0) is 11.3 Å². The van der Waals surface area contributed by atoms with E-state index in [-0.39, 0.29) is 5.97 Å². The maximum absolute atomic E-state index is 11.6. The first-order chi connectivity index (χ1) is 8.27. The summed E-state index contributed by atoms with van der Waals surface area (Å²) in [6.45, 7) is 1.16. The summed E-state index contributed by atoms with van der Waals surface area (Å²) in [6.07, 6.45) is 4.38. The van der Waals surface area contributed by atoms with Gasteiger partial charge in [-0.25, -0.2) is 4.79 Å². The van der Waals surface area contributed by atoms with E-state index in [1.807, 2.05) is 28.4 Å². The van der Waals surface area contributed by atoms with Gasteiger partial charge in [-0.15, -0.1) is 11.3 Å². The van der Waals surface area contributed by atoms with E-state index in [9.17, 15) is 4.79 Å². The molecule has 0 aliphatic carbocycles. The summed E-state index contributed by atoms with van der Waals surface area (Å²) in [5.41, 5.74) is 0. The molecule has 2 heterocycles. The largest absolute Gasteiger partial charge is 0.461 e. The van der Waals surface area contributed by atoms with Crippen LogP contribution in [-0.4, -0.2) is 22.4 Å². The van der Waals surface area contributed by atoms with E-state index in [2.05, 4.69) is 21.0 Å². The molecule has 0 spiro atoms. The van der Waals surface area contributed by atoms with Crippen LogP contribution >= 0.6 is 27.3 Å². The lowest BCUT2D eigenvalue weighted by molar-refractivity contribution is 0.0499. The topological polar surface area (TPSA) is 44.1 Å². The monoisotopic (exact) mass is 314 g/mol. The Morgan fingerprint density at radius 1 is 1.59 bits per heavy atom. The van der Waals surface area contributed by atoms with Gasteiger partial charge in [0.1, 0.15) is 4.88 Å². The fourth-order valence-electron chi connectivity index (χ4n) is 1.33. The standard InChI is InChI=1S/C11H11BrN2O2S/c12-9-3-8-17-10(9)11(15)16-7-2-6-14-5-1-4-13-14/h1,3-5,8H,2,6-7H2. The number of hydrogen-bond acceptors (Lipinski definition) is 4. The van der Waals surface area contributed by atoms with E-state index in [1.54, 1.807) is 6.20 Å². The average Bonchev–Trinajstić information content (AvgIpc) is 2.95. The summed E-state index contributed by atoms with van der Waals surface area (Å²) < 4.78 is 7.77. The summed E-state index contributed by atoms with van der Waals surface area (Å²) in [7, 11) is 0. The van der Waals surface area contributed by atoms with Crippen molar-refractivity contribution in [2.24, 2.45) is 0 Å². The molecule has 0 saturated heterocycles. The molecule has 6 heteroatoms. The van der Waals surface area contributed by atoms with Crippen LogP contribution in [0.1, 0.15) is 16.1 Å². The number of esters is 1. The van der Waals surface area contributed by atoms with Gasteiger partial charge in [0.05, 0.1) is 6.61 Å². The third-order valence-electron chi connectivity index (χ3n) is 2.13. The van der Waals surface area contributed by atoms with E-state index < -0.39 is 0 Å². The second kappa shape index (κ2) is 5.97. The maximum atomic E-state index is 11.6. The van der Waals surface area contributed by atoms with Crippen LogP contribution in [0.15, 0.2) is 34.4 Å². The van der Waals surface area contributed by atoms with Crippen molar-refractivity contribution in [1.82, 2.24) is 9.78 Å². The molecule has 0 radical (unpaired) electrons. The molecule has 2 aromatic rings. The van der Waals surface area contributed by atoms with E-state index in [4.69, 9.17) is 4.74 Å². The van der Waals surface area contributed by atoms with Crippen molar-refractivity contribution in [2.75, 3.05) is 6.61 Å². The van der Waals surface area contributed by atoms with Gasteiger partial charge in [-0.2, -0.15) is 5.10 Å². The van der Waals surface area contributed by atoms with Gasteiger partial charge in [-0.05, 0) is 33.4 Å². The Hall–Kier alpha value is -1.14. The predicted octanol–water partition coefficient (Wildman–Crippen LogP) is 2.95. The highest BCUT2D eigenvalue weighted by molar-refractivity contribution is 9.10. The fourth-order valence-corrected chi connectivity index (χ4v) is 2.75. The number of rotatable bonds is 5. The molecule has 2 aromatic heterocycles. The molecule has 0 bridgehead atoms. The Kier molecular flexibility index (Phi) is 4.33. The highest BCUT2D eigenvalue weighted by Crippen LogP contribution is 2.23. The second-order valence-electron chi connectivity index (χ2n) is 3.36. The van der Waals surface area contributed by atoms with Gasteiger partial charge in [0.2, 0.25) is 0 Å². The molecule has 0 saturated carbocycles. The third kappa shape index (κ3) is 3.41. The Morgan fingerprint density at radius 2 is 2.47 bits per heavy atom. The molecule has 90 valence electrons. The molecular formula is C11H11BrN2O2S. The van der Waals surface area contributed by atoms with Crippen molar-refractivity contribution >= 4 is 33.2 Å². The van der Waals surface area contributed by atoms with Crippen LogP contribution in [0.4, 0.5) is 0 Å². The van der Waals surface area contributed by atoms with Crippen molar-refractivity contribution in [3.05, 3.63) is 39.3 Å². The molecule has 4 nitrogen and oxygen atoms in total. The molecule has 0 atom stereocenters. The van der Waals surface area contributed by atoms with Gasteiger partial charge >= 0.3 is 5.97 Å². The van der Waals surface area contributed by atoms with Crippen LogP contribution in [0.2, 0.25) is 0 Å². The molecule has 2 rings (SSSR count). The van der Waals surface area contributed by atoms with Gasteiger partial charge in [-0.1, -0.05) is 0 Å². The van der Waals surface area contributed by atoms with E-state index >= 15 is 0 Å². The molecule has 0 aromatic carbocycles. The second-order valence-corrected chi connectivity index (χ2v) is 5.13. The van der Waals surface area contributed by atoms with Crippen LogP contribution in [0.3, 0.4) is 0 Å². The maximum Gasteiger partial charge on any atom is 0.349 e. The smallest absolute Gasteiger partial charge is 0.349 e. The minimum absolute atomic E-state index is 0.271. The molecule has 0 aliphatic heterocycles. The molecule has 0 aliphatic rings. The van der Waals surface area contributed by atoms with Gasteiger partial charge < -0.3 is 4.74 Å². The molecule has 0 amide bonds. The zero-order valence-corrected chi connectivity index (χ0v) is 11.4. The number of carbonyl (C=O) groups is 1. The summed E-state index contributed by atoms with van der Waals surface area (Å²) in [4.78, 5) is 12.2. The zero-order chi connectivity index (χ0) is 12.1. The summed E-state index contributed by atoms with van der Waals surface area (Å²) >= 11 is 4.68. The van der Waals surface area contributed by atoms with Crippen LogP contribution < -0.4 is 0 Å². The number of nitrogens with zero attached hydrogens (tertiary/aromatic N) is 2. The molecule has 0 unspecified atom stereocenters. The molecule has 17 heavy (non-hydrogen) atoms. The number of aryl methyl sites for hydroxylation is 1. The minimum Gasteiger partial charge on any atom is -0.461 e. The average molecular weight is 315 g/mol. The normalized spacial score (nSPS) is 10.4. The lowest BCUT2D eigenvalue weighted by atomic mass is 10.4. The minimum atomic E-state index is -0.271. The Morgan fingerprint density at radius 3 is 3.12 bits per heavy atom. The van der Waals surface area contributed by atoms with Crippen LogP contribution in [0.5, 0.6) is 0 Å². The van der Waals surface area contributed by atoms with Crippen molar-refractivity contribution < 1.29 is 9.53 Å².